The second-order valence-electron chi connectivity index (χ2n) is 7.10. The summed E-state index contributed by atoms with van der Waals surface area (Å²) < 4.78 is 24.5. The summed E-state index contributed by atoms with van der Waals surface area (Å²) in [7, 11) is 0.945. The SMILES string of the molecule is CN(C)C(=O)CS(=O)(=O)c1ccc(C(=O)N(C)CC(C)(C)CN)cc1.Cl. The Kier molecular flexibility index (Phi) is 8.75. The first-order chi connectivity index (χ1) is 11.4. The smallest absolute Gasteiger partial charge is 0.253 e. The Balaban J connectivity index is 0.00000625. The topological polar surface area (TPSA) is 101 Å². The Morgan fingerprint density at radius 2 is 1.58 bits per heavy atom. The Morgan fingerprint density at radius 3 is 2.00 bits per heavy atom. The average Bonchev–Trinajstić information content (AvgIpc) is 2.53. The van der Waals surface area contributed by atoms with Gasteiger partial charge in [0.25, 0.3) is 5.91 Å². The summed E-state index contributed by atoms with van der Waals surface area (Å²) in [4.78, 5) is 26.9. The third kappa shape index (κ3) is 6.59. The molecule has 0 atom stereocenters. The van der Waals surface area contributed by atoms with Crippen molar-refractivity contribution in [2.75, 3.05) is 40.0 Å². The van der Waals surface area contributed by atoms with Gasteiger partial charge in [-0.2, -0.15) is 0 Å². The molecule has 0 aliphatic rings. The molecular formula is C17H28ClN3O4S. The van der Waals surface area contributed by atoms with E-state index in [1.165, 1.54) is 43.3 Å². The van der Waals surface area contributed by atoms with Crippen LogP contribution in [0.3, 0.4) is 0 Å². The molecule has 0 aliphatic heterocycles. The lowest BCUT2D eigenvalue weighted by Gasteiger charge is -2.29. The van der Waals surface area contributed by atoms with Crippen LogP contribution < -0.4 is 5.73 Å². The molecule has 0 radical (unpaired) electrons. The minimum Gasteiger partial charge on any atom is -0.348 e. The van der Waals surface area contributed by atoms with Crippen LogP contribution in [0.4, 0.5) is 0 Å². The van der Waals surface area contributed by atoms with E-state index in [9.17, 15) is 18.0 Å². The Bertz CT molecular complexity index is 731. The molecule has 0 aromatic heterocycles. The van der Waals surface area contributed by atoms with E-state index in [0.717, 1.165) is 0 Å². The van der Waals surface area contributed by atoms with Gasteiger partial charge < -0.3 is 15.5 Å². The van der Waals surface area contributed by atoms with Gasteiger partial charge in [-0.25, -0.2) is 8.42 Å². The number of hydrogen-bond donors (Lipinski definition) is 1. The van der Waals surface area contributed by atoms with Crippen molar-refractivity contribution in [1.29, 1.82) is 0 Å². The van der Waals surface area contributed by atoms with Crippen molar-refractivity contribution < 1.29 is 18.0 Å². The molecule has 1 aromatic rings. The third-order valence-corrected chi connectivity index (χ3v) is 5.45. The molecule has 26 heavy (non-hydrogen) atoms. The van der Waals surface area contributed by atoms with Crippen molar-refractivity contribution in [3.8, 4) is 0 Å². The fraction of sp³-hybridized carbons (Fsp3) is 0.529. The van der Waals surface area contributed by atoms with Crippen LogP contribution >= 0.6 is 12.4 Å². The summed E-state index contributed by atoms with van der Waals surface area (Å²) in [6.07, 6.45) is 0. The summed E-state index contributed by atoms with van der Waals surface area (Å²) in [5, 5.41) is 0. The highest BCUT2D eigenvalue weighted by atomic mass is 35.5. The maximum atomic E-state index is 12.4. The fourth-order valence-corrected chi connectivity index (χ4v) is 3.48. The second-order valence-corrected chi connectivity index (χ2v) is 9.09. The molecule has 2 amide bonds. The molecule has 0 fully saturated rings. The highest BCUT2D eigenvalue weighted by Gasteiger charge is 2.23. The molecule has 1 rings (SSSR count). The molecule has 1 aromatic carbocycles. The minimum absolute atomic E-state index is 0. The summed E-state index contributed by atoms with van der Waals surface area (Å²) in [5.41, 5.74) is 5.86. The lowest BCUT2D eigenvalue weighted by molar-refractivity contribution is -0.125. The lowest BCUT2D eigenvalue weighted by Crippen LogP contribution is -2.39. The van der Waals surface area contributed by atoms with E-state index < -0.39 is 21.5 Å². The average molecular weight is 406 g/mol. The number of hydrogen-bond acceptors (Lipinski definition) is 5. The Morgan fingerprint density at radius 1 is 1.08 bits per heavy atom. The van der Waals surface area contributed by atoms with Gasteiger partial charge >= 0.3 is 0 Å². The van der Waals surface area contributed by atoms with E-state index in [4.69, 9.17) is 5.73 Å². The van der Waals surface area contributed by atoms with Gasteiger partial charge in [0, 0.05) is 33.3 Å². The number of amides is 2. The lowest BCUT2D eigenvalue weighted by atomic mass is 9.93. The maximum Gasteiger partial charge on any atom is 0.253 e. The van der Waals surface area contributed by atoms with Gasteiger partial charge in [-0.15, -0.1) is 12.4 Å². The number of carbonyl (C=O) groups excluding carboxylic acids is 2. The fourth-order valence-electron chi connectivity index (χ4n) is 2.18. The largest absolute Gasteiger partial charge is 0.348 e. The van der Waals surface area contributed by atoms with E-state index in [1.807, 2.05) is 13.8 Å². The zero-order chi connectivity index (χ0) is 19.4. The number of benzene rings is 1. The number of nitrogens with two attached hydrogens (primary N) is 1. The van der Waals surface area contributed by atoms with E-state index in [0.29, 0.717) is 18.7 Å². The molecule has 9 heteroatoms. The van der Waals surface area contributed by atoms with Crippen molar-refractivity contribution in [2.24, 2.45) is 11.1 Å². The van der Waals surface area contributed by atoms with Crippen LogP contribution in [0.2, 0.25) is 0 Å². The van der Waals surface area contributed by atoms with Crippen LogP contribution in [0, 0.1) is 5.41 Å². The summed E-state index contributed by atoms with van der Waals surface area (Å²) in [5.74, 6) is -1.31. The summed E-state index contributed by atoms with van der Waals surface area (Å²) in [6.45, 7) is 4.86. The minimum atomic E-state index is -3.73. The van der Waals surface area contributed by atoms with E-state index >= 15 is 0 Å². The van der Waals surface area contributed by atoms with Crippen LogP contribution in [0.5, 0.6) is 0 Å². The standard InChI is InChI=1S/C17H27N3O4S.ClH/c1-17(2,11-18)12-20(5)16(22)13-6-8-14(9-7-13)25(23,24)10-15(21)19(3)4;/h6-9H,10-12,18H2,1-5H3;1H. The highest BCUT2D eigenvalue weighted by Crippen LogP contribution is 2.17. The predicted molar refractivity (Wildman–Crippen MR) is 104 cm³/mol. The van der Waals surface area contributed by atoms with E-state index in [2.05, 4.69) is 0 Å². The highest BCUT2D eigenvalue weighted by molar-refractivity contribution is 7.92. The van der Waals surface area contributed by atoms with Crippen LogP contribution in [0.1, 0.15) is 24.2 Å². The second kappa shape index (κ2) is 9.34. The maximum absolute atomic E-state index is 12.4. The van der Waals surface area contributed by atoms with Crippen molar-refractivity contribution in [1.82, 2.24) is 9.80 Å². The molecule has 0 heterocycles. The molecular weight excluding hydrogens is 378 g/mol. The first-order valence-electron chi connectivity index (χ1n) is 7.88. The molecule has 148 valence electrons. The molecule has 2 N–H and O–H groups in total. The number of rotatable bonds is 7. The summed E-state index contributed by atoms with van der Waals surface area (Å²) in [6, 6.07) is 5.63. The molecule has 0 unspecified atom stereocenters. The van der Waals surface area contributed by atoms with Gasteiger partial charge in [-0.3, -0.25) is 9.59 Å². The number of halogens is 1. The van der Waals surface area contributed by atoms with E-state index in [1.54, 1.807) is 11.9 Å². The summed E-state index contributed by atoms with van der Waals surface area (Å²) >= 11 is 0. The van der Waals surface area contributed by atoms with Crippen LogP contribution in [0.15, 0.2) is 29.2 Å². The molecule has 0 bridgehead atoms. The zero-order valence-electron chi connectivity index (χ0n) is 15.9. The molecule has 0 saturated heterocycles. The van der Waals surface area contributed by atoms with Crippen LogP contribution in [-0.2, 0) is 14.6 Å². The Hall–Kier alpha value is -1.64. The van der Waals surface area contributed by atoms with Gasteiger partial charge in [-0.05, 0) is 36.2 Å². The number of nitrogens with zero attached hydrogens (tertiary/aromatic N) is 2. The predicted octanol–water partition coefficient (Wildman–Crippen LogP) is 1.03. The van der Waals surface area contributed by atoms with Gasteiger partial charge in [-0.1, -0.05) is 13.8 Å². The normalized spacial score (nSPS) is 11.5. The van der Waals surface area contributed by atoms with Gasteiger partial charge in [0.15, 0.2) is 9.84 Å². The van der Waals surface area contributed by atoms with Gasteiger partial charge in [0.2, 0.25) is 5.91 Å². The van der Waals surface area contributed by atoms with E-state index in [-0.39, 0.29) is 28.6 Å². The molecule has 0 aliphatic carbocycles. The number of carbonyl (C=O) groups is 2. The van der Waals surface area contributed by atoms with Gasteiger partial charge in [0.05, 0.1) is 4.90 Å². The van der Waals surface area contributed by atoms with Crippen LogP contribution in [0.25, 0.3) is 0 Å². The number of sulfone groups is 1. The van der Waals surface area contributed by atoms with Crippen molar-refractivity contribution in [3.63, 3.8) is 0 Å². The first kappa shape index (κ1) is 24.4. The Labute approximate surface area is 161 Å². The molecule has 0 saturated carbocycles. The quantitative estimate of drug-likeness (QED) is 0.730. The first-order valence-corrected chi connectivity index (χ1v) is 9.53. The van der Waals surface area contributed by atoms with Crippen molar-refractivity contribution in [2.45, 2.75) is 18.7 Å². The third-order valence-electron chi connectivity index (χ3n) is 3.84. The van der Waals surface area contributed by atoms with Crippen LogP contribution in [-0.4, -0.2) is 70.0 Å². The molecule has 0 spiro atoms. The zero-order valence-corrected chi connectivity index (χ0v) is 17.5. The van der Waals surface area contributed by atoms with Crippen molar-refractivity contribution in [3.05, 3.63) is 29.8 Å². The monoisotopic (exact) mass is 405 g/mol. The molecule has 7 nitrogen and oxygen atoms in total. The van der Waals surface area contributed by atoms with Gasteiger partial charge in [0.1, 0.15) is 5.75 Å². The van der Waals surface area contributed by atoms with Crippen molar-refractivity contribution >= 4 is 34.1 Å².